The highest BCUT2D eigenvalue weighted by molar-refractivity contribution is 6.23. The van der Waals surface area contributed by atoms with Gasteiger partial charge >= 0.3 is 0 Å². The minimum absolute atomic E-state index is 0.0485. The molecule has 0 spiro atoms. The lowest BCUT2D eigenvalue weighted by Gasteiger charge is -2.47. The van der Waals surface area contributed by atoms with Crippen molar-refractivity contribution < 1.29 is 0 Å². The maximum Gasteiger partial charge on any atom is 0.238 e. The van der Waals surface area contributed by atoms with Gasteiger partial charge in [-0.15, -0.1) is 0 Å². The molecule has 0 bridgehead atoms. The van der Waals surface area contributed by atoms with E-state index in [1.807, 2.05) is 24.3 Å². The van der Waals surface area contributed by atoms with Crippen LogP contribution in [0.3, 0.4) is 0 Å². The fourth-order valence-electron chi connectivity index (χ4n) is 10.9. The van der Waals surface area contributed by atoms with Gasteiger partial charge in [0.15, 0.2) is 11.6 Å². The van der Waals surface area contributed by atoms with Gasteiger partial charge in [0.1, 0.15) is 0 Å². The highest BCUT2D eigenvalue weighted by Crippen LogP contribution is 2.52. The summed E-state index contributed by atoms with van der Waals surface area (Å²) in [5.41, 5.74) is 15.3. The molecule has 0 saturated carbocycles. The van der Waals surface area contributed by atoms with Crippen LogP contribution in [0.1, 0.15) is 52.2 Å². The van der Waals surface area contributed by atoms with Gasteiger partial charge in [-0.2, -0.15) is 9.97 Å². The Morgan fingerprint density at radius 1 is 0.431 bits per heavy atom. The molecule has 65 heavy (non-hydrogen) atoms. The summed E-state index contributed by atoms with van der Waals surface area (Å²) in [4.78, 5) is 15.9. The molecule has 0 saturated heterocycles. The van der Waals surface area contributed by atoms with E-state index in [1.54, 1.807) is 0 Å². The van der Waals surface area contributed by atoms with E-state index >= 15 is 0 Å². The van der Waals surface area contributed by atoms with Crippen molar-refractivity contribution in [2.75, 3.05) is 0 Å². The lowest BCUT2D eigenvalue weighted by atomic mass is 9.57. The highest BCUT2D eigenvalue weighted by Gasteiger charge is 2.43. The number of rotatable bonds is 6. The summed E-state index contributed by atoms with van der Waals surface area (Å²) in [5.74, 6) is 2.37. The van der Waals surface area contributed by atoms with E-state index in [0.717, 1.165) is 55.2 Å². The number of hydrogen-bond acceptors (Lipinski definition) is 3. The van der Waals surface area contributed by atoms with Crippen molar-refractivity contribution in [1.82, 2.24) is 24.1 Å². The molecule has 1 aliphatic rings. The van der Waals surface area contributed by atoms with E-state index in [0.29, 0.717) is 23.5 Å². The first-order valence-electron chi connectivity index (χ1n) is 22.8. The molecular weight excluding hydrogens is 791 g/mol. The average molecular weight is 840 g/mol. The fourth-order valence-corrected chi connectivity index (χ4v) is 10.9. The van der Waals surface area contributed by atoms with Crippen LogP contribution >= 0.6 is 0 Å². The molecule has 0 radical (unpaired) electrons. The lowest BCUT2D eigenvalue weighted by Crippen LogP contribution is -2.40. The molecule has 0 aliphatic heterocycles. The summed E-state index contributed by atoms with van der Waals surface area (Å²) in [6.07, 6.45) is 1.18. The molecule has 11 aromatic rings. The summed E-state index contributed by atoms with van der Waals surface area (Å²) in [6.45, 7) is 12.1. The second-order valence-corrected chi connectivity index (χ2v) is 19.1. The van der Waals surface area contributed by atoms with E-state index < -0.39 is 0 Å². The van der Waals surface area contributed by atoms with E-state index in [4.69, 9.17) is 15.0 Å². The number of nitrogens with zero attached hydrogens (tertiary/aromatic N) is 5. The third kappa shape index (κ3) is 6.17. The minimum atomic E-state index is 0.0485. The van der Waals surface area contributed by atoms with Gasteiger partial charge in [-0.3, -0.25) is 4.57 Å². The summed E-state index contributed by atoms with van der Waals surface area (Å²) in [7, 11) is 0. The summed E-state index contributed by atoms with van der Waals surface area (Å²) < 4.78 is 4.72. The molecule has 1 atom stereocenters. The molecule has 0 amide bonds. The van der Waals surface area contributed by atoms with Gasteiger partial charge in [-0.25, -0.2) is 4.98 Å². The van der Waals surface area contributed by atoms with E-state index in [9.17, 15) is 0 Å². The quantitative estimate of drug-likeness (QED) is 0.168. The zero-order valence-electron chi connectivity index (χ0n) is 37.4. The van der Waals surface area contributed by atoms with Gasteiger partial charge in [0.2, 0.25) is 5.95 Å². The highest BCUT2D eigenvalue weighted by atomic mass is 15.2. The van der Waals surface area contributed by atoms with Crippen LogP contribution in [0.5, 0.6) is 0 Å². The van der Waals surface area contributed by atoms with Crippen LogP contribution in [0, 0.1) is 5.92 Å². The number of aromatic nitrogens is 5. The topological polar surface area (TPSA) is 48.5 Å². The van der Waals surface area contributed by atoms with E-state index in [2.05, 4.69) is 208 Å². The van der Waals surface area contributed by atoms with Gasteiger partial charge in [0.25, 0.3) is 0 Å². The fraction of sp³-hybridized carbons (Fsp3) is 0.150. The van der Waals surface area contributed by atoms with Crippen LogP contribution in [0.15, 0.2) is 188 Å². The van der Waals surface area contributed by atoms with Crippen molar-refractivity contribution >= 4 is 43.6 Å². The molecule has 0 fully saturated rings. The monoisotopic (exact) mass is 839 g/mol. The van der Waals surface area contributed by atoms with Crippen molar-refractivity contribution in [3.05, 3.63) is 199 Å². The normalized spacial score (nSPS) is 15.5. The Labute approximate surface area is 379 Å². The van der Waals surface area contributed by atoms with E-state index in [1.165, 1.54) is 45.0 Å². The molecule has 3 aromatic heterocycles. The second kappa shape index (κ2) is 14.7. The zero-order chi connectivity index (χ0) is 44.0. The summed E-state index contributed by atoms with van der Waals surface area (Å²) in [6, 6.07) is 67.5. The Bertz CT molecular complexity index is 3610. The molecule has 8 aromatic carbocycles. The Morgan fingerprint density at radius 2 is 0.923 bits per heavy atom. The first-order valence-corrected chi connectivity index (χ1v) is 22.8. The SMILES string of the molecule is CC1CC(C)(C)c2cccc(-c3ccc(-n4c5ccccc5c5ccc6c7ccccc7n(-c7nc(-c8ccccc8)nc(-c8ccc(-c9ccccc9)cc8)n7)c6c54)cc3)c2C1(C)C. The first-order chi connectivity index (χ1) is 31.7. The molecule has 0 N–H and O–H groups in total. The minimum Gasteiger partial charge on any atom is -0.307 e. The summed E-state index contributed by atoms with van der Waals surface area (Å²) >= 11 is 0. The Balaban J connectivity index is 1.10. The van der Waals surface area contributed by atoms with Crippen molar-refractivity contribution in [2.45, 2.75) is 51.9 Å². The second-order valence-electron chi connectivity index (χ2n) is 19.1. The average Bonchev–Trinajstić information content (AvgIpc) is 3.87. The molecule has 314 valence electrons. The van der Waals surface area contributed by atoms with Gasteiger partial charge in [0, 0.05) is 38.4 Å². The maximum absolute atomic E-state index is 5.38. The predicted octanol–water partition coefficient (Wildman–Crippen LogP) is 15.3. The maximum atomic E-state index is 5.38. The van der Waals surface area contributed by atoms with Crippen LogP contribution in [0.2, 0.25) is 0 Å². The third-order valence-corrected chi connectivity index (χ3v) is 14.5. The molecule has 1 aliphatic carbocycles. The number of hydrogen-bond donors (Lipinski definition) is 0. The Kier molecular flexibility index (Phi) is 8.83. The van der Waals surface area contributed by atoms with E-state index in [-0.39, 0.29) is 10.8 Å². The zero-order valence-corrected chi connectivity index (χ0v) is 37.4. The number of para-hydroxylation sites is 2. The van der Waals surface area contributed by atoms with Gasteiger partial charge in [0.05, 0.1) is 22.1 Å². The number of fused-ring (bicyclic) bond motifs is 8. The van der Waals surface area contributed by atoms with Crippen LogP contribution in [-0.2, 0) is 10.8 Å². The van der Waals surface area contributed by atoms with Gasteiger partial charge < -0.3 is 4.57 Å². The predicted molar refractivity (Wildman–Crippen MR) is 270 cm³/mol. The Hall–Kier alpha value is -7.63. The van der Waals surface area contributed by atoms with Crippen LogP contribution in [0.25, 0.3) is 100 Å². The van der Waals surface area contributed by atoms with Crippen molar-refractivity contribution in [2.24, 2.45) is 5.92 Å². The van der Waals surface area contributed by atoms with Gasteiger partial charge in [-0.05, 0) is 80.8 Å². The molecule has 5 nitrogen and oxygen atoms in total. The number of benzene rings is 8. The molecule has 5 heteroatoms. The van der Waals surface area contributed by atoms with Gasteiger partial charge in [-0.1, -0.05) is 198 Å². The van der Waals surface area contributed by atoms with Crippen LogP contribution in [0.4, 0.5) is 0 Å². The van der Waals surface area contributed by atoms with Crippen molar-refractivity contribution in [1.29, 1.82) is 0 Å². The Morgan fingerprint density at radius 3 is 1.55 bits per heavy atom. The molecule has 12 rings (SSSR count). The standard InChI is InChI=1S/C60H49N5/c1-38-37-59(2,3)50-24-16-23-45(53(50)60(38,4)5)41-31-33-44(34-32-41)64-51-25-14-12-21-46(51)48-35-36-49-47-22-13-15-26-52(47)65(55(49)54(48)64)58-62-56(42-19-10-7-11-20-42)61-57(63-58)43-29-27-40(28-30-43)39-17-8-6-9-18-39/h6-36,38H,37H2,1-5H3. The third-order valence-electron chi connectivity index (χ3n) is 14.5. The van der Waals surface area contributed by atoms with Crippen molar-refractivity contribution in [3.8, 4) is 56.7 Å². The molecule has 3 heterocycles. The molecule has 1 unspecified atom stereocenters. The smallest absolute Gasteiger partial charge is 0.238 e. The van der Waals surface area contributed by atoms with Crippen LogP contribution < -0.4 is 0 Å². The lowest BCUT2D eigenvalue weighted by molar-refractivity contribution is 0.234. The van der Waals surface area contributed by atoms with Crippen molar-refractivity contribution in [3.63, 3.8) is 0 Å². The summed E-state index contributed by atoms with van der Waals surface area (Å²) in [5, 5.41) is 4.64. The molecular formula is C60H49N5. The largest absolute Gasteiger partial charge is 0.307 e. The first kappa shape index (κ1) is 39.0. The van der Waals surface area contributed by atoms with Crippen LogP contribution in [-0.4, -0.2) is 24.1 Å².